The van der Waals surface area contributed by atoms with E-state index in [1.165, 1.54) is 169 Å². The summed E-state index contributed by atoms with van der Waals surface area (Å²) >= 11 is 0. The van der Waals surface area contributed by atoms with Crippen molar-refractivity contribution in [3.05, 3.63) is 276 Å². The minimum absolute atomic E-state index is 0.919. The lowest BCUT2D eigenvalue weighted by atomic mass is 9.79. The number of allylic oxidation sites excluding steroid dienone is 1. The molecule has 1 heterocycles. The number of aryl methyl sites for hydroxylation is 1. The summed E-state index contributed by atoms with van der Waals surface area (Å²) in [6.07, 6.45) is 6.47. The summed E-state index contributed by atoms with van der Waals surface area (Å²) in [5, 5.41) is 23.6. The minimum atomic E-state index is 0.919. The van der Waals surface area contributed by atoms with Crippen molar-refractivity contribution in [1.82, 2.24) is 4.57 Å². The first-order chi connectivity index (χ1) is 38.2. The zero-order chi connectivity index (χ0) is 50.3. The normalized spacial score (nSPS) is 13.6. The molecule has 0 saturated carbocycles. The molecule has 0 spiro atoms. The maximum Gasteiger partial charge on any atom is 0.0537 e. The van der Waals surface area contributed by atoms with Crippen molar-refractivity contribution >= 4 is 114 Å². The van der Waals surface area contributed by atoms with Gasteiger partial charge < -0.3 is 4.57 Å². The van der Waals surface area contributed by atoms with Crippen LogP contribution in [-0.2, 0) is 12.8 Å². The van der Waals surface area contributed by atoms with Crippen LogP contribution in [0.4, 0.5) is 0 Å². The largest absolute Gasteiger partial charge is 0.313 e. The molecular weight excluding hydrogens is 927 g/mol. The Morgan fingerprint density at radius 1 is 0.299 bits per heavy atom. The van der Waals surface area contributed by atoms with E-state index in [1.807, 2.05) is 0 Å². The minimum Gasteiger partial charge on any atom is -0.313 e. The van der Waals surface area contributed by atoms with Gasteiger partial charge in [0.05, 0.1) is 5.52 Å². The Hall–Kier alpha value is -9.56. The van der Waals surface area contributed by atoms with Gasteiger partial charge in [0.15, 0.2) is 0 Å². The third-order valence-corrected chi connectivity index (χ3v) is 17.7. The highest BCUT2D eigenvalue weighted by molar-refractivity contribution is 6.23. The van der Waals surface area contributed by atoms with Crippen molar-refractivity contribution in [3.8, 4) is 27.9 Å². The fourth-order valence-electron chi connectivity index (χ4n) is 14.4. The summed E-state index contributed by atoms with van der Waals surface area (Å²) in [6.45, 7) is 0. The molecule has 0 saturated heterocycles. The van der Waals surface area contributed by atoms with E-state index in [0.29, 0.717) is 0 Å². The highest BCUT2D eigenvalue weighted by Crippen LogP contribution is 2.49. The second kappa shape index (κ2) is 16.5. The van der Waals surface area contributed by atoms with Crippen molar-refractivity contribution in [1.29, 1.82) is 0 Å². The molecule has 0 bridgehead atoms. The quantitative estimate of drug-likeness (QED) is 0.152. The first kappa shape index (κ1) is 42.8. The lowest BCUT2D eigenvalue weighted by molar-refractivity contribution is 0.900. The third kappa shape index (κ3) is 6.29. The van der Waals surface area contributed by atoms with Crippen LogP contribution < -0.4 is 5.22 Å². The lowest BCUT2D eigenvalue weighted by Crippen LogP contribution is -2.16. The van der Waals surface area contributed by atoms with Crippen molar-refractivity contribution in [3.63, 3.8) is 0 Å². The zero-order valence-electron chi connectivity index (χ0n) is 42.4. The van der Waals surface area contributed by atoms with Crippen LogP contribution in [0.15, 0.2) is 243 Å². The van der Waals surface area contributed by atoms with E-state index in [-0.39, 0.29) is 0 Å². The number of benzene rings is 14. The standard InChI is InChI=1S/C76H49N/c1-3-16-51-42-53(32-28-46(51)14-1)72-58-21-5-6-22-59(58)74(54-33-29-47-15-2-4-17-52(47)43-54)68-45-56(37-40-66(68)72)77-69-27-12-11-20-57(69)67-44-55(36-41-70(67)77)73-60-23-7-9-25-62(60)76(63-26-10-8-24-61(63)73)65-39-35-50-31-30-48-18-13-19-49-34-38-64(65)75(50)71(48)49/h1-34,37-38,40,42-45H,35-36,39,41H2. The Bertz CT molecular complexity index is 5090. The molecule has 1 heteroatoms. The molecule has 2 aliphatic rings. The van der Waals surface area contributed by atoms with E-state index in [9.17, 15) is 0 Å². The van der Waals surface area contributed by atoms with Gasteiger partial charge in [0, 0.05) is 22.3 Å². The highest BCUT2D eigenvalue weighted by atomic mass is 15.0. The maximum absolute atomic E-state index is 2.59. The predicted molar refractivity (Wildman–Crippen MR) is 329 cm³/mol. The van der Waals surface area contributed by atoms with Crippen molar-refractivity contribution in [2.45, 2.75) is 25.7 Å². The second-order valence-electron chi connectivity index (χ2n) is 21.6. The van der Waals surface area contributed by atoms with Gasteiger partial charge in [0.1, 0.15) is 0 Å². The number of rotatable bonds is 5. The average Bonchev–Trinajstić information content (AvgIpc) is 3.99. The first-order valence-electron chi connectivity index (χ1n) is 27.4. The lowest BCUT2D eigenvalue weighted by Gasteiger charge is -2.25. The summed E-state index contributed by atoms with van der Waals surface area (Å²) in [6, 6.07) is 91.8. The average molecular weight is 976 g/mol. The number of fused-ring (bicyclic) bond motifs is 9. The van der Waals surface area contributed by atoms with E-state index in [0.717, 1.165) is 25.7 Å². The van der Waals surface area contributed by atoms with Crippen LogP contribution in [0.1, 0.15) is 40.8 Å². The molecule has 14 aromatic carbocycles. The fourth-order valence-corrected chi connectivity index (χ4v) is 14.4. The molecule has 0 N–H and O–H groups in total. The highest BCUT2D eigenvalue weighted by Gasteiger charge is 2.27. The summed E-state index contributed by atoms with van der Waals surface area (Å²) in [4.78, 5) is 0. The Morgan fingerprint density at radius 3 is 1.45 bits per heavy atom. The van der Waals surface area contributed by atoms with Gasteiger partial charge in [-0.15, -0.1) is 0 Å². The Kier molecular flexibility index (Phi) is 9.15. The molecule has 0 unspecified atom stereocenters. The molecule has 0 amide bonds. The van der Waals surface area contributed by atoms with Gasteiger partial charge in [-0.3, -0.25) is 0 Å². The van der Waals surface area contributed by atoms with Gasteiger partial charge >= 0.3 is 0 Å². The molecule has 0 aliphatic heterocycles. The van der Waals surface area contributed by atoms with Crippen LogP contribution in [0.2, 0.25) is 0 Å². The van der Waals surface area contributed by atoms with Gasteiger partial charge in [-0.2, -0.15) is 0 Å². The van der Waals surface area contributed by atoms with Gasteiger partial charge in [-0.25, -0.2) is 0 Å². The van der Waals surface area contributed by atoms with Crippen LogP contribution in [0.3, 0.4) is 0 Å². The first-order valence-corrected chi connectivity index (χ1v) is 27.4. The Morgan fingerprint density at radius 2 is 0.805 bits per heavy atom. The number of aromatic nitrogens is 1. The summed E-state index contributed by atoms with van der Waals surface area (Å²) < 4.78 is 2.59. The molecule has 1 nitrogen and oxygen atoms in total. The van der Waals surface area contributed by atoms with Crippen LogP contribution in [-0.4, -0.2) is 4.57 Å². The van der Waals surface area contributed by atoms with E-state index in [2.05, 4.69) is 253 Å². The predicted octanol–water partition coefficient (Wildman–Crippen LogP) is 19.5. The number of hydrogen-bond acceptors (Lipinski definition) is 0. The van der Waals surface area contributed by atoms with Gasteiger partial charge in [0.2, 0.25) is 0 Å². The monoisotopic (exact) mass is 975 g/mol. The fraction of sp³-hybridized carbons (Fsp3) is 0.0526. The summed E-state index contributed by atoms with van der Waals surface area (Å²) in [7, 11) is 0. The SMILES string of the molecule is C1=C(c2c3ccccc3c(C3=c4ccc5cccc6ccc(c4c65)CC3)c3ccccc23)CCc2c1c1ccccc1n2-c1ccc2c(-c3ccc4ccccc4c3)c3ccccc3c(-c3ccc4ccccc4c3)c2c1. The molecule has 2 aliphatic carbocycles. The number of hydrogen-bond donors (Lipinski definition) is 0. The van der Waals surface area contributed by atoms with Crippen molar-refractivity contribution < 1.29 is 0 Å². The maximum atomic E-state index is 2.59. The van der Waals surface area contributed by atoms with Gasteiger partial charge in [-0.1, -0.05) is 212 Å². The molecule has 0 fully saturated rings. The molecule has 77 heavy (non-hydrogen) atoms. The van der Waals surface area contributed by atoms with Crippen molar-refractivity contribution in [2.75, 3.05) is 0 Å². The van der Waals surface area contributed by atoms with Crippen LogP contribution in [0, 0.1) is 0 Å². The van der Waals surface area contributed by atoms with E-state index in [1.54, 1.807) is 0 Å². The van der Waals surface area contributed by atoms with Crippen LogP contribution >= 0.6 is 0 Å². The van der Waals surface area contributed by atoms with Gasteiger partial charge in [0.25, 0.3) is 0 Å². The summed E-state index contributed by atoms with van der Waals surface area (Å²) in [5.41, 5.74) is 17.2. The zero-order valence-corrected chi connectivity index (χ0v) is 42.4. The van der Waals surface area contributed by atoms with Crippen LogP contribution in [0.5, 0.6) is 0 Å². The molecule has 0 radical (unpaired) electrons. The van der Waals surface area contributed by atoms with E-state index < -0.39 is 0 Å². The topological polar surface area (TPSA) is 4.93 Å². The third-order valence-electron chi connectivity index (χ3n) is 17.7. The van der Waals surface area contributed by atoms with E-state index >= 15 is 0 Å². The number of nitrogens with zero attached hydrogens (tertiary/aromatic N) is 1. The van der Waals surface area contributed by atoms with Crippen LogP contribution in [0.25, 0.3) is 142 Å². The molecule has 15 aromatic rings. The second-order valence-corrected chi connectivity index (χ2v) is 21.6. The van der Waals surface area contributed by atoms with E-state index in [4.69, 9.17) is 0 Å². The molecule has 358 valence electrons. The van der Waals surface area contributed by atoms with Crippen molar-refractivity contribution in [2.24, 2.45) is 0 Å². The molecule has 17 rings (SSSR count). The smallest absolute Gasteiger partial charge is 0.0537 e. The molecule has 0 atom stereocenters. The van der Waals surface area contributed by atoms with Gasteiger partial charge in [-0.05, 0) is 204 Å². The number of para-hydroxylation sites is 1. The molecule has 1 aromatic heterocycles. The Labute approximate surface area is 445 Å². The molecular formula is C76H49N. The summed E-state index contributed by atoms with van der Waals surface area (Å²) in [5.74, 6) is 0. The Balaban J connectivity index is 0.892.